The monoisotopic (exact) mass is 242 g/mol. The van der Waals surface area contributed by atoms with Crippen LogP contribution in [0.5, 0.6) is 0 Å². The quantitative estimate of drug-likeness (QED) is 0.839. The van der Waals surface area contributed by atoms with Gasteiger partial charge in [0.05, 0.1) is 11.5 Å². The number of thiophene rings is 1. The molecule has 2 N–H and O–H groups in total. The molecular formula is C14H14N2S. The van der Waals surface area contributed by atoms with Crippen molar-refractivity contribution < 1.29 is 0 Å². The number of benzene rings is 1. The lowest BCUT2D eigenvalue weighted by atomic mass is 9.80. The van der Waals surface area contributed by atoms with E-state index in [0.717, 1.165) is 12.0 Å². The number of nitriles is 1. The Bertz CT molecular complexity index is 540. The minimum atomic E-state index is -0.514. The molecule has 1 heterocycles. The summed E-state index contributed by atoms with van der Waals surface area (Å²) in [5, 5.41) is 11.5. The minimum absolute atomic E-state index is 0.514. The van der Waals surface area contributed by atoms with Crippen molar-refractivity contribution in [2.24, 2.45) is 0 Å². The molecule has 86 valence electrons. The highest BCUT2D eigenvalue weighted by Gasteiger charge is 2.27. The summed E-state index contributed by atoms with van der Waals surface area (Å²) in [7, 11) is 0. The minimum Gasteiger partial charge on any atom is -0.399 e. The second kappa shape index (κ2) is 4.60. The maximum atomic E-state index is 9.44. The van der Waals surface area contributed by atoms with Crippen LogP contribution in [-0.4, -0.2) is 0 Å². The van der Waals surface area contributed by atoms with Crippen LogP contribution in [0.2, 0.25) is 0 Å². The van der Waals surface area contributed by atoms with E-state index >= 15 is 0 Å². The molecule has 1 atom stereocenters. The van der Waals surface area contributed by atoms with Crippen LogP contribution in [0.25, 0.3) is 0 Å². The van der Waals surface area contributed by atoms with Crippen molar-refractivity contribution in [2.75, 3.05) is 5.73 Å². The first-order valence-corrected chi connectivity index (χ1v) is 6.32. The molecule has 0 aliphatic rings. The second-order valence-corrected chi connectivity index (χ2v) is 5.36. The number of hydrogen-bond acceptors (Lipinski definition) is 3. The van der Waals surface area contributed by atoms with Crippen molar-refractivity contribution in [1.29, 1.82) is 5.26 Å². The number of rotatable bonds is 3. The third-order valence-corrected chi connectivity index (χ3v) is 3.75. The van der Waals surface area contributed by atoms with Gasteiger partial charge in [-0.15, -0.1) is 11.3 Å². The highest BCUT2D eigenvalue weighted by molar-refractivity contribution is 7.09. The van der Waals surface area contributed by atoms with Crippen LogP contribution < -0.4 is 5.73 Å². The van der Waals surface area contributed by atoms with E-state index in [2.05, 4.69) is 12.1 Å². The van der Waals surface area contributed by atoms with Gasteiger partial charge in [0.15, 0.2) is 0 Å². The highest BCUT2D eigenvalue weighted by Crippen LogP contribution is 2.30. The van der Waals surface area contributed by atoms with E-state index in [4.69, 9.17) is 5.73 Å². The molecule has 0 fully saturated rings. The van der Waals surface area contributed by atoms with E-state index in [0.29, 0.717) is 5.69 Å². The number of nitrogen functional groups attached to an aromatic ring is 1. The van der Waals surface area contributed by atoms with E-state index in [9.17, 15) is 5.26 Å². The molecule has 0 saturated carbocycles. The van der Waals surface area contributed by atoms with E-state index in [-0.39, 0.29) is 0 Å². The van der Waals surface area contributed by atoms with E-state index in [1.165, 1.54) is 4.88 Å². The topological polar surface area (TPSA) is 49.8 Å². The van der Waals surface area contributed by atoms with Gasteiger partial charge in [-0.1, -0.05) is 18.2 Å². The molecule has 0 bridgehead atoms. The van der Waals surface area contributed by atoms with Gasteiger partial charge in [-0.05, 0) is 36.1 Å². The van der Waals surface area contributed by atoms with Crippen LogP contribution in [0.15, 0.2) is 41.8 Å². The lowest BCUT2D eigenvalue weighted by Gasteiger charge is -2.21. The third-order valence-electron chi connectivity index (χ3n) is 2.88. The van der Waals surface area contributed by atoms with Crippen LogP contribution >= 0.6 is 11.3 Å². The van der Waals surface area contributed by atoms with Gasteiger partial charge >= 0.3 is 0 Å². The average molecular weight is 242 g/mol. The summed E-state index contributed by atoms with van der Waals surface area (Å²) in [5.41, 5.74) is 6.95. The first kappa shape index (κ1) is 11.7. The third kappa shape index (κ3) is 2.48. The summed E-state index contributed by atoms with van der Waals surface area (Å²) in [4.78, 5) is 1.22. The lowest BCUT2D eigenvalue weighted by Crippen LogP contribution is -2.22. The Balaban J connectivity index is 2.35. The molecule has 1 aromatic heterocycles. The number of nitrogens with two attached hydrogens (primary N) is 1. The van der Waals surface area contributed by atoms with Gasteiger partial charge in [-0.3, -0.25) is 0 Å². The first-order valence-electron chi connectivity index (χ1n) is 5.44. The molecule has 0 radical (unpaired) electrons. The Morgan fingerprint density at radius 2 is 2.18 bits per heavy atom. The predicted molar refractivity (Wildman–Crippen MR) is 71.8 cm³/mol. The van der Waals surface area contributed by atoms with Gasteiger partial charge in [0.1, 0.15) is 0 Å². The Labute approximate surface area is 105 Å². The zero-order valence-corrected chi connectivity index (χ0v) is 10.5. The van der Waals surface area contributed by atoms with Crippen molar-refractivity contribution in [1.82, 2.24) is 0 Å². The van der Waals surface area contributed by atoms with Crippen LogP contribution in [0.3, 0.4) is 0 Å². The molecule has 0 aliphatic heterocycles. The summed E-state index contributed by atoms with van der Waals surface area (Å²) >= 11 is 1.68. The molecule has 17 heavy (non-hydrogen) atoms. The van der Waals surface area contributed by atoms with E-state index in [1.54, 1.807) is 11.3 Å². The molecule has 1 unspecified atom stereocenters. The standard InChI is InChI=1S/C14H14N2S/c1-14(10-15,9-13-6-3-7-17-13)11-4-2-5-12(16)8-11/h2-8H,9,16H2,1H3. The Morgan fingerprint density at radius 3 is 2.76 bits per heavy atom. The highest BCUT2D eigenvalue weighted by atomic mass is 32.1. The van der Waals surface area contributed by atoms with Crippen molar-refractivity contribution in [3.8, 4) is 6.07 Å². The van der Waals surface area contributed by atoms with Gasteiger partial charge in [0.25, 0.3) is 0 Å². The summed E-state index contributed by atoms with van der Waals surface area (Å²) in [6.07, 6.45) is 0.727. The molecule has 2 nitrogen and oxygen atoms in total. The average Bonchev–Trinajstić information content (AvgIpc) is 2.81. The fraction of sp³-hybridized carbons (Fsp3) is 0.214. The molecular weight excluding hydrogens is 228 g/mol. The van der Waals surface area contributed by atoms with Gasteiger partial charge in [-0.2, -0.15) is 5.26 Å². The maximum absolute atomic E-state index is 9.44. The molecule has 2 rings (SSSR count). The first-order chi connectivity index (χ1) is 8.14. The summed E-state index contributed by atoms with van der Waals surface area (Å²) in [6.45, 7) is 1.96. The fourth-order valence-corrected chi connectivity index (χ4v) is 2.71. The van der Waals surface area contributed by atoms with E-state index in [1.807, 2.05) is 42.6 Å². The number of nitrogens with zero attached hydrogens (tertiary/aromatic N) is 1. The van der Waals surface area contributed by atoms with Gasteiger partial charge in [0, 0.05) is 17.0 Å². The normalized spacial score (nSPS) is 13.9. The summed E-state index contributed by atoms with van der Waals surface area (Å²) in [6, 6.07) is 14.1. The van der Waals surface area contributed by atoms with Crippen LogP contribution in [0.4, 0.5) is 5.69 Å². The second-order valence-electron chi connectivity index (χ2n) is 4.33. The van der Waals surface area contributed by atoms with Crippen molar-refractivity contribution in [2.45, 2.75) is 18.8 Å². The van der Waals surface area contributed by atoms with Crippen LogP contribution in [0.1, 0.15) is 17.4 Å². The van der Waals surface area contributed by atoms with Crippen LogP contribution in [0, 0.1) is 11.3 Å². The van der Waals surface area contributed by atoms with Gasteiger partial charge in [0.2, 0.25) is 0 Å². The Morgan fingerprint density at radius 1 is 1.35 bits per heavy atom. The Hall–Kier alpha value is -1.79. The molecule has 0 saturated heterocycles. The molecule has 0 spiro atoms. The maximum Gasteiger partial charge on any atom is 0.0843 e. The number of anilines is 1. The smallest absolute Gasteiger partial charge is 0.0843 e. The molecule has 3 heteroatoms. The molecule has 0 amide bonds. The largest absolute Gasteiger partial charge is 0.399 e. The zero-order chi connectivity index (χ0) is 12.3. The van der Waals surface area contributed by atoms with Crippen molar-refractivity contribution in [3.63, 3.8) is 0 Å². The zero-order valence-electron chi connectivity index (χ0n) is 9.68. The Kier molecular flexibility index (Phi) is 3.16. The lowest BCUT2D eigenvalue weighted by molar-refractivity contribution is 0.613. The van der Waals surface area contributed by atoms with Crippen molar-refractivity contribution in [3.05, 3.63) is 52.2 Å². The van der Waals surface area contributed by atoms with Gasteiger partial charge in [-0.25, -0.2) is 0 Å². The van der Waals surface area contributed by atoms with Crippen molar-refractivity contribution >= 4 is 17.0 Å². The molecule has 2 aromatic rings. The number of hydrogen-bond donors (Lipinski definition) is 1. The van der Waals surface area contributed by atoms with E-state index < -0.39 is 5.41 Å². The predicted octanol–water partition coefficient (Wildman–Crippen LogP) is 3.35. The van der Waals surface area contributed by atoms with Crippen LogP contribution in [-0.2, 0) is 11.8 Å². The molecule has 0 aliphatic carbocycles. The fourth-order valence-electron chi connectivity index (χ4n) is 1.85. The van der Waals surface area contributed by atoms with Gasteiger partial charge < -0.3 is 5.73 Å². The molecule has 1 aromatic carbocycles. The summed E-state index contributed by atoms with van der Waals surface area (Å²) < 4.78 is 0. The SMILES string of the molecule is CC(C#N)(Cc1cccs1)c1cccc(N)c1. The summed E-state index contributed by atoms with van der Waals surface area (Å²) in [5.74, 6) is 0.